The zero-order valence-electron chi connectivity index (χ0n) is 42.7. The lowest BCUT2D eigenvalue weighted by atomic mass is 9.53. The number of hydrogen-bond acceptors (Lipinski definition) is 16. The number of carbonyl (C=O) groups excluding carboxylic acids is 1. The molecule has 16 nitrogen and oxygen atoms in total. The van der Waals surface area contributed by atoms with E-state index in [1.165, 1.54) is 21.3 Å². The molecule has 388 valence electrons. The average molecular weight is 979 g/mol. The predicted octanol–water partition coefficient (Wildman–Crippen LogP) is 6.98. The molecule has 1 saturated carbocycles. The van der Waals surface area contributed by atoms with Gasteiger partial charge in [0.25, 0.3) is 0 Å². The minimum Gasteiger partial charge on any atom is -0.457 e. The van der Waals surface area contributed by atoms with Crippen LogP contribution in [0.2, 0.25) is 0 Å². The Morgan fingerprint density at radius 2 is 1.74 bits per heavy atom. The van der Waals surface area contributed by atoms with E-state index < -0.39 is 72.9 Å². The standard InChI is InChI=1S/C54H78N2O14/c1-31-16-15-20-44(57)67-40(22-21-39-35(5)66-51(56-39)33(3)18-13-14-25-55)32(2)17-11-12-19-36-26-34(4)45-38(54(36,6)24-23-31)27-37(62-8)28-41(45)68-53-50(64-10)49(47(59)43(69-53)29-61-7)70-52-48(60)46(58)42(63-9)30-65-52/h11-12,16-17,19,21-24,26,32-33,36-38,40-43,45-50,52-53,58-60H,13-15,18,20,27-30H2,1-10H3. The maximum atomic E-state index is 13.4. The van der Waals surface area contributed by atoms with Crippen LogP contribution in [0.3, 0.4) is 0 Å². The van der Waals surface area contributed by atoms with Crippen LogP contribution in [-0.4, -0.2) is 142 Å². The summed E-state index contributed by atoms with van der Waals surface area (Å²) in [7, 11) is 6.14. The van der Waals surface area contributed by atoms with Crippen molar-refractivity contribution in [2.45, 2.75) is 166 Å². The molecule has 2 aliphatic carbocycles. The van der Waals surface area contributed by atoms with Crippen LogP contribution in [0, 0.1) is 47.3 Å². The Kier molecular flexibility index (Phi) is 20.4. The van der Waals surface area contributed by atoms with Crippen LogP contribution in [0.4, 0.5) is 0 Å². The van der Waals surface area contributed by atoms with E-state index in [4.69, 9.17) is 57.3 Å². The number of nitriles is 1. The van der Waals surface area contributed by atoms with E-state index in [9.17, 15) is 20.1 Å². The summed E-state index contributed by atoms with van der Waals surface area (Å²) in [6.07, 6.45) is 13.8. The molecule has 0 amide bonds. The molecule has 1 aromatic rings. The molecule has 16 heteroatoms. The summed E-state index contributed by atoms with van der Waals surface area (Å²) in [5.74, 6) is 0.843. The minimum atomic E-state index is -1.47. The van der Waals surface area contributed by atoms with Crippen molar-refractivity contribution < 1.29 is 67.2 Å². The summed E-state index contributed by atoms with van der Waals surface area (Å²) < 4.78 is 60.6. The summed E-state index contributed by atoms with van der Waals surface area (Å²) in [5.41, 5.74) is 2.43. The highest BCUT2D eigenvalue weighted by Gasteiger charge is 2.55. The smallest absolute Gasteiger partial charge is 0.306 e. The molecule has 5 aliphatic rings. The van der Waals surface area contributed by atoms with Gasteiger partial charge in [-0.25, -0.2) is 4.98 Å². The Balaban J connectivity index is 1.28. The second-order valence-electron chi connectivity index (χ2n) is 19.9. The number of unbranched alkanes of at least 4 members (excludes halogenated alkanes) is 1. The van der Waals surface area contributed by atoms with Gasteiger partial charge in [-0.3, -0.25) is 4.79 Å². The predicted molar refractivity (Wildman–Crippen MR) is 260 cm³/mol. The number of rotatable bonds is 15. The van der Waals surface area contributed by atoms with Crippen molar-refractivity contribution >= 4 is 12.0 Å². The molecule has 2 saturated heterocycles. The lowest BCUT2D eigenvalue weighted by Gasteiger charge is -2.55. The SMILES string of the molecule is COCC1OC(OC2CC(OC)CC3C2C(C)=CC2C=CC=CC(C)C(C=Cc4nc(C(C)CCCC#N)oc4C)OC(=O)CCC=C(C)C=CC23C)C(OC)C(OC2OCC(OC)C(O)C2O)C1O. The van der Waals surface area contributed by atoms with E-state index in [0.717, 1.165) is 30.4 Å². The van der Waals surface area contributed by atoms with Gasteiger partial charge in [-0.1, -0.05) is 80.5 Å². The highest BCUT2D eigenvalue weighted by Crippen LogP contribution is 2.56. The van der Waals surface area contributed by atoms with Crippen LogP contribution in [0.25, 0.3) is 6.08 Å². The zero-order valence-corrected chi connectivity index (χ0v) is 42.7. The fourth-order valence-corrected chi connectivity index (χ4v) is 10.7. The van der Waals surface area contributed by atoms with E-state index in [0.29, 0.717) is 36.6 Å². The summed E-state index contributed by atoms with van der Waals surface area (Å²) in [6, 6.07) is 2.20. The van der Waals surface area contributed by atoms with Gasteiger partial charge < -0.3 is 62.4 Å². The topological polar surface area (TPSA) is 211 Å². The van der Waals surface area contributed by atoms with Crippen LogP contribution < -0.4 is 0 Å². The largest absolute Gasteiger partial charge is 0.457 e. The molecule has 0 aromatic carbocycles. The highest BCUT2D eigenvalue weighted by molar-refractivity contribution is 5.70. The number of ether oxygens (including phenoxy) is 9. The zero-order chi connectivity index (χ0) is 50.7. The normalized spacial score (nSPS) is 38.0. The van der Waals surface area contributed by atoms with E-state index in [2.05, 4.69) is 62.4 Å². The molecule has 3 N–H and O–H groups in total. The molecule has 0 bridgehead atoms. The third-order valence-corrected chi connectivity index (χ3v) is 15.0. The molecule has 4 heterocycles. The maximum absolute atomic E-state index is 13.4. The molecule has 1 aromatic heterocycles. The van der Waals surface area contributed by atoms with Gasteiger partial charge in [-0.2, -0.15) is 5.26 Å². The number of aliphatic hydroxyl groups is 3. The Bertz CT molecular complexity index is 2090. The Morgan fingerprint density at radius 1 is 0.971 bits per heavy atom. The van der Waals surface area contributed by atoms with Crippen molar-refractivity contribution in [3.8, 4) is 6.07 Å². The van der Waals surface area contributed by atoms with Crippen molar-refractivity contribution in [2.75, 3.05) is 41.7 Å². The number of methoxy groups -OCH3 is 4. The van der Waals surface area contributed by atoms with E-state index >= 15 is 0 Å². The number of carbonyl (C=O) groups is 1. The van der Waals surface area contributed by atoms with Crippen molar-refractivity contribution in [3.05, 3.63) is 83.2 Å². The first-order valence-corrected chi connectivity index (χ1v) is 24.9. The number of aryl methyl sites for hydroxylation is 1. The molecule has 6 rings (SSSR count). The fraction of sp³-hybridized carbons (Fsp3) is 0.685. The number of allylic oxidation sites excluding steroid dienone is 8. The Hall–Kier alpha value is -3.83. The quantitative estimate of drug-likeness (QED) is 0.0919. The van der Waals surface area contributed by atoms with Gasteiger partial charge >= 0.3 is 5.97 Å². The molecule has 0 spiro atoms. The van der Waals surface area contributed by atoms with Crippen molar-refractivity contribution in [1.82, 2.24) is 4.98 Å². The number of nitrogens with zero attached hydrogens (tertiary/aromatic N) is 2. The maximum Gasteiger partial charge on any atom is 0.306 e. The minimum absolute atomic E-state index is 0.0144. The number of esters is 1. The molecule has 18 atom stereocenters. The second kappa shape index (κ2) is 25.7. The number of fused-ring (bicyclic) bond motifs is 3. The first-order valence-electron chi connectivity index (χ1n) is 24.9. The van der Waals surface area contributed by atoms with Gasteiger partial charge in [0.1, 0.15) is 60.3 Å². The highest BCUT2D eigenvalue weighted by atomic mass is 16.7. The molecular formula is C54H78N2O14. The molecule has 0 radical (unpaired) electrons. The van der Waals surface area contributed by atoms with Crippen molar-refractivity contribution in [2.24, 2.45) is 29.1 Å². The number of hydrogen-bond donors (Lipinski definition) is 3. The summed E-state index contributed by atoms with van der Waals surface area (Å²) in [4.78, 5) is 18.1. The molecule has 3 fully saturated rings. The summed E-state index contributed by atoms with van der Waals surface area (Å²) in [6.45, 7) is 12.4. The first-order chi connectivity index (χ1) is 33.6. The molecular weight excluding hydrogens is 901 g/mol. The molecule has 18 unspecified atom stereocenters. The van der Waals surface area contributed by atoms with Gasteiger partial charge in [0.05, 0.1) is 31.5 Å². The van der Waals surface area contributed by atoms with E-state index in [-0.39, 0.29) is 61.3 Å². The van der Waals surface area contributed by atoms with Gasteiger partial charge in [-0.05, 0) is 69.9 Å². The number of cyclic esters (lactones) is 1. The van der Waals surface area contributed by atoms with Crippen LogP contribution in [-0.2, 0) is 47.4 Å². The monoisotopic (exact) mass is 979 g/mol. The number of aromatic nitrogens is 1. The van der Waals surface area contributed by atoms with Crippen LogP contribution >= 0.6 is 0 Å². The first kappa shape index (κ1) is 55.5. The van der Waals surface area contributed by atoms with Crippen molar-refractivity contribution in [1.29, 1.82) is 5.26 Å². The van der Waals surface area contributed by atoms with Crippen LogP contribution in [0.15, 0.2) is 70.2 Å². The fourth-order valence-electron chi connectivity index (χ4n) is 10.7. The lowest BCUT2D eigenvalue weighted by Crippen LogP contribution is -2.64. The second-order valence-corrected chi connectivity index (χ2v) is 19.9. The average Bonchev–Trinajstić information content (AvgIpc) is 3.72. The molecule has 70 heavy (non-hydrogen) atoms. The van der Waals surface area contributed by atoms with Crippen LogP contribution in [0.1, 0.15) is 103 Å². The third-order valence-electron chi connectivity index (χ3n) is 15.0. The molecule has 3 aliphatic heterocycles. The Labute approximate surface area is 414 Å². The summed E-state index contributed by atoms with van der Waals surface area (Å²) >= 11 is 0. The van der Waals surface area contributed by atoms with Gasteiger partial charge in [0.2, 0.25) is 0 Å². The van der Waals surface area contributed by atoms with Gasteiger partial charge in [0, 0.05) is 71.4 Å². The van der Waals surface area contributed by atoms with E-state index in [1.807, 2.05) is 45.9 Å². The van der Waals surface area contributed by atoms with Gasteiger partial charge in [-0.15, -0.1) is 0 Å². The Morgan fingerprint density at radius 3 is 2.46 bits per heavy atom. The van der Waals surface area contributed by atoms with Crippen molar-refractivity contribution in [3.63, 3.8) is 0 Å². The van der Waals surface area contributed by atoms with E-state index in [1.54, 1.807) is 7.11 Å². The third kappa shape index (κ3) is 13.2. The number of oxazole rings is 1. The lowest BCUT2D eigenvalue weighted by molar-refractivity contribution is -0.361. The number of aliphatic hydroxyl groups excluding tert-OH is 3. The van der Waals surface area contributed by atoms with Gasteiger partial charge in [0.15, 0.2) is 18.5 Å². The summed E-state index contributed by atoms with van der Waals surface area (Å²) in [5, 5.41) is 42.3. The van der Waals surface area contributed by atoms with Crippen LogP contribution in [0.5, 0.6) is 0 Å².